The Morgan fingerprint density at radius 3 is 2.52 bits per heavy atom. The van der Waals surface area contributed by atoms with Gasteiger partial charge in [0.1, 0.15) is 5.75 Å². The summed E-state index contributed by atoms with van der Waals surface area (Å²) in [5, 5.41) is 6.06. The van der Waals surface area contributed by atoms with Gasteiger partial charge in [0.2, 0.25) is 0 Å². The van der Waals surface area contributed by atoms with E-state index in [0.29, 0.717) is 11.6 Å². The van der Waals surface area contributed by atoms with Crippen LogP contribution < -0.4 is 10.2 Å². The maximum atomic E-state index is 12.2. The molecular weight excluding hydrogens is 498 g/mol. The number of ether oxygens (including phenoxy) is 1. The average molecular weight is 524 g/mol. The molecule has 6 aromatic rings. The van der Waals surface area contributed by atoms with Gasteiger partial charge in [0.15, 0.2) is 12.4 Å². The molecule has 7 heteroatoms. The van der Waals surface area contributed by atoms with Crippen molar-refractivity contribution in [3.63, 3.8) is 0 Å². The van der Waals surface area contributed by atoms with Crippen LogP contribution in [0.3, 0.4) is 0 Å². The van der Waals surface area contributed by atoms with Crippen molar-refractivity contribution in [2.75, 3.05) is 6.61 Å². The van der Waals surface area contributed by atoms with E-state index in [4.69, 9.17) is 14.7 Å². The van der Waals surface area contributed by atoms with Crippen LogP contribution >= 0.6 is 0 Å². The number of rotatable bonds is 7. The molecule has 40 heavy (non-hydrogen) atoms. The zero-order valence-electron chi connectivity index (χ0n) is 21.8. The number of nitrogens with one attached hydrogen (secondary N) is 1. The van der Waals surface area contributed by atoms with Gasteiger partial charge in [-0.25, -0.2) is 15.4 Å². The number of pyridine rings is 1. The first-order chi connectivity index (χ1) is 19.6. The number of amides is 1. The number of nitrogens with zero attached hydrogens (tertiary/aromatic N) is 4. The van der Waals surface area contributed by atoms with Crippen LogP contribution in [0.25, 0.3) is 44.5 Å². The van der Waals surface area contributed by atoms with Crippen LogP contribution in [0.1, 0.15) is 11.1 Å². The SMILES string of the molecule is Cc1ccc2nc(-c3ccc(OCC(=O)N/N=C/c4ccc5ncccc5c4)cc3)nc(-c3ccccc3)c2c1. The Hall–Kier alpha value is -5.43. The maximum Gasteiger partial charge on any atom is 0.277 e. The Morgan fingerprint density at radius 2 is 1.68 bits per heavy atom. The largest absolute Gasteiger partial charge is 0.484 e. The lowest BCUT2D eigenvalue weighted by atomic mass is 10.0. The normalized spacial score (nSPS) is 11.2. The Bertz CT molecular complexity index is 1850. The molecule has 1 N–H and O–H groups in total. The van der Waals surface area contributed by atoms with Gasteiger partial charge in [-0.3, -0.25) is 9.78 Å². The number of benzene rings is 4. The molecule has 0 radical (unpaired) electrons. The van der Waals surface area contributed by atoms with Gasteiger partial charge in [0.25, 0.3) is 5.91 Å². The van der Waals surface area contributed by atoms with Crippen molar-refractivity contribution >= 4 is 33.9 Å². The van der Waals surface area contributed by atoms with Crippen molar-refractivity contribution < 1.29 is 9.53 Å². The van der Waals surface area contributed by atoms with Crippen molar-refractivity contribution in [3.05, 3.63) is 120 Å². The summed E-state index contributed by atoms with van der Waals surface area (Å²) in [5.41, 5.74) is 9.08. The third-order valence-electron chi connectivity index (χ3n) is 6.41. The molecule has 0 bridgehead atoms. The van der Waals surface area contributed by atoms with Crippen LogP contribution in [0.4, 0.5) is 0 Å². The van der Waals surface area contributed by atoms with Crippen LogP contribution in [0, 0.1) is 6.92 Å². The fraction of sp³-hybridized carbons (Fsp3) is 0.0606. The molecule has 7 nitrogen and oxygen atoms in total. The Labute approximate surface area is 231 Å². The van der Waals surface area contributed by atoms with E-state index in [1.807, 2.05) is 66.7 Å². The fourth-order valence-electron chi connectivity index (χ4n) is 4.42. The molecule has 0 saturated carbocycles. The number of fused-ring (bicyclic) bond motifs is 2. The van der Waals surface area contributed by atoms with Crippen molar-refractivity contribution in [1.29, 1.82) is 0 Å². The highest BCUT2D eigenvalue weighted by Crippen LogP contribution is 2.30. The molecule has 2 aromatic heterocycles. The lowest BCUT2D eigenvalue weighted by Gasteiger charge is -2.11. The molecule has 0 spiro atoms. The summed E-state index contributed by atoms with van der Waals surface area (Å²) in [6.45, 7) is 1.90. The number of aryl methyl sites for hydroxylation is 1. The Kier molecular flexibility index (Phi) is 6.92. The van der Waals surface area contributed by atoms with Crippen LogP contribution in [-0.2, 0) is 4.79 Å². The van der Waals surface area contributed by atoms with Gasteiger partial charge in [-0.15, -0.1) is 0 Å². The number of carbonyl (C=O) groups excluding carboxylic acids is 1. The van der Waals surface area contributed by atoms with Crippen LogP contribution in [-0.4, -0.2) is 33.7 Å². The van der Waals surface area contributed by atoms with E-state index in [0.717, 1.165) is 49.8 Å². The molecule has 0 aliphatic heterocycles. The monoisotopic (exact) mass is 523 g/mol. The van der Waals surface area contributed by atoms with Crippen LogP contribution in [0.5, 0.6) is 5.75 Å². The first-order valence-electron chi connectivity index (χ1n) is 12.9. The highest BCUT2D eigenvalue weighted by molar-refractivity contribution is 5.94. The van der Waals surface area contributed by atoms with E-state index in [9.17, 15) is 4.79 Å². The first-order valence-corrected chi connectivity index (χ1v) is 12.9. The molecule has 0 unspecified atom stereocenters. The van der Waals surface area contributed by atoms with Crippen molar-refractivity contribution in [3.8, 4) is 28.4 Å². The minimum absolute atomic E-state index is 0.164. The number of aromatic nitrogens is 3. The van der Waals surface area contributed by atoms with Crippen LogP contribution in [0.15, 0.2) is 114 Å². The molecule has 0 saturated heterocycles. The summed E-state index contributed by atoms with van der Waals surface area (Å²) >= 11 is 0. The molecule has 194 valence electrons. The summed E-state index contributed by atoms with van der Waals surface area (Å²) in [6.07, 6.45) is 3.34. The lowest BCUT2D eigenvalue weighted by molar-refractivity contribution is -0.123. The van der Waals surface area contributed by atoms with Crippen molar-refractivity contribution in [2.24, 2.45) is 5.10 Å². The summed E-state index contributed by atoms with van der Waals surface area (Å²) < 4.78 is 5.66. The van der Waals surface area contributed by atoms with Gasteiger partial charge in [-0.1, -0.05) is 54.1 Å². The number of hydrazone groups is 1. The van der Waals surface area contributed by atoms with Gasteiger partial charge < -0.3 is 4.74 Å². The van der Waals surface area contributed by atoms with Crippen molar-refractivity contribution in [2.45, 2.75) is 6.92 Å². The van der Waals surface area contributed by atoms with Gasteiger partial charge in [0.05, 0.1) is 22.9 Å². The molecule has 6 rings (SSSR count). The van der Waals surface area contributed by atoms with E-state index in [-0.39, 0.29) is 12.5 Å². The van der Waals surface area contributed by atoms with Crippen LogP contribution in [0.2, 0.25) is 0 Å². The zero-order chi connectivity index (χ0) is 27.3. The Morgan fingerprint density at radius 1 is 0.850 bits per heavy atom. The minimum atomic E-state index is -0.358. The lowest BCUT2D eigenvalue weighted by Crippen LogP contribution is -2.24. The standard InChI is InChI=1S/C33H25N5O2/c1-22-9-15-30-28(18-22)32(24-6-3-2-4-7-24)37-33(36-30)25-11-13-27(14-12-25)40-21-31(39)38-35-20-23-10-16-29-26(19-23)8-5-17-34-29/h2-20H,21H2,1H3,(H,38,39)/b35-20+. The molecule has 0 atom stereocenters. The predicted octanol–water partition coefficient (Wildman–Crippen LogP) is 6.35. The molecule has 1 amide bonds. The third-order valence-corrected chi connectivity index (χ3v) is 6.41. The molecule has 0 aliphatic carbocycles. The second-order valence-corrected chi connectivity index (χ2v) is 9.34. The molecular formula is C33H25N5O2. The van der Waals surface area contributed by atoms with E-state index in [2.05, 4.69) is 46.7 Å². The smallest absolute Gasteiger partial charge is 0.277 e. The molecule has 0 fully saturated rings. The molecule has 4 aromatic carbocycles. The van der Waals surface area contributed by atoms with E-state index < -0.39 is 0 Å². The third kappa shape index (κ3) is 5.54. The van der Waals surface area contributed by atoms with Gasteiger partial charge in [-0.05, 0) is 67.1 Å². The van der Waals surface area contributed by atoms with Gasteiger partial charge in [0, 0.05) is 28.1 Å². The second kappa shape index (κ2) is 11.1. The fourth-order valence-corrected chi connectivity index (χ4v) is 4.42. The van der Waals surface area contributed by atoms with E-state index in [1.54, 1.807) is 24.5 Å². The molecule has 2 heterocycles. The summed E-state index contributed by atoms with van der Waals surface area (Å²) in [7, 11) is 0. The second-order valence-electron chi connectivity index (χ2n) is 9.34. The quantitative estimate of drug-likeness (QED) is 0.195. The van der Waals surface area contributed by atoms with E-state index in [1.165, 1.54) is 0 Å². The first kappa shape index (κ1) is 24.9. The topological polar surface area (TPSA) is 89.4 Å². The summed E-state index contributed by atoms with van der Waals surface area (Å²) in [6, 6.07) is 33.3. The highest BCUT2D eigenvalue weighted by Gasteiger charge is 2.12. The predicted molar refractivity (Wildman–Crippen MR) is 158 cm³/mol. The Balaban J connectivity index is 1.12. The van der Waals surface area contributed by atoms with Gasteiger partial charge in [-0.2, -0.15) is 5.10 Å². The minimum Gasteiger partial charge on any atom is -0.484 e. The maximum absolute atomic E-state index is 12.2. The summed E-state index contributed by atoms with van der Waals surface area (Å²) in [4.78, 5) is 26.3. The summed E-state index contributed by atoms with van der Waals surface area (Å²) in [5.74, 6) is 0.825. The van der Waals surface area contributed by atoms with Crippen molar-refractivity contribution in [1.82, 2.24) is 20.4 Å². The van der Waals surface area contributed by atoms with E-state index >= 15 is 0 Å². The zero-order valence-corrected chi connectivity index (χ0v) is 21.8. The molecule has 0 aliphatic rings. The average Bonchev–Trinajstić information content (AvgIpc) is 3.00. The van der Waals surface area contributed by atoms with Gasteiger partial charge >= 0.3 is 0 Å². The highest BCUT2D eigenvalue weighted by atomic mass is 16.5. The number of hydrogen-bond acceptors (Lipinski definition) is 6. The number of carbonyl (C=O) groups is 1. The number of hydrogen-bond donors (Lipinski definition) is 1.